The fourth-order valence-corrected chi connectivity index (χ4v) is 5.29. The maximum absolute atomic E-state index is 11.7. The van der Waals surface area contributed by atoms with Crippen molar-refractivity contribution in [1.29, 1.82) is 0 Å². The van der Waals surface area contributed by atoms with Crippen LogP contribution < -0.4 is 5.32 Å². The van der Waals surface area contributed by atoms with E-state index in [-0.39, 0.29) is 17.3 Å². The van der Waals surface area contributed by atoms with Crippen LogP contribution in [0.1, 0.15) is 46.0 Å². The number of alkyl halides is 1. The van der Waals surface area contributed by atoms with Gasteiger partial charge in [-0.25, -0.2) is 0 Å². The number of carbonyl (C=O) groups excluding carboxylic acids is 1. The van der Waals surface area contributed by atoms with Crippen molar-refractivity contribution in [3.63, 3.8) is 0 Å². The van der Waals surface area contributed by atoms with Crippen molar-refractivity contribution in [1.82, 2.24) is 5.32 Å². The highest BCUT2D eigenvalue weighted by molar-refractivity contribution is 6.27. The summed E-state index contributed by atoms with van der Waals surface area (Å²) >= 11 is 5.66. The standard InChI is InChI=1S/C14H22ClNO/c1-13-6-9-3-10(7-13)5-11(4-9)14(13,2)16-12(17)8-15/h9-11H,3-8H2,1-2H3,(H,16,17)/t9?,10?,11?,13?,14-/m0/s1. The Morgan fingerprint density at radius 2 is 1.82 bits per heavy atom. The maximum Gasteiger partial charge on any atom is 0.235 e. The third kappa shape index (κ3) is 1.56. The summed E-state index contributed by atoms with van der Waals surface area (Å²) in [6.45, 7) is 4.64. The van der Waals surface area contributed by atoms with E-state index in [2.05, 4.69) is 19.2 Å². The Hall–Kier alpha value is -0.240. The summed E-state index contributed by atoms with van der Waals surface area (Å²) in [5.41, 5.74) is 0.274. The highest BCUT2D eigenvalue weighted by Gasteiger charge is 2.61. The van der Waals surface area contributed by atoms with E-state index >= 15 is 0 Å². The van der Waals surface area contributed by atoms with Gasteiger partial charge in [-0.05, 0) is 62.2 Å². The molecule has 4 aliphatic rings. The summed E-state index contributed by atoms with van der Waals surface area (Å²) in [7, 11) is 0. The van der Waals surface area contributed by atoms with E-state index in [1.165, 1.54) is 32.1 Å². The molecule has 1 N–H and O–H groups in total. The van der Waals surface area contributed by atoms with Gasteiger partial charge in [-0.1, -0.05) is 6.92 Å². The van der Waals surface area contributed by atoms with Gasteiger partial charge in [0.25, 0.3) is 0 Å². The Bertz CT molecular complexity index is 342. The van der Waals surface area contributed by atoms with Crippen LogP contribution in [0.25, 0.3) is 0 Å². The van der Waals surface area contributed by atoms with Gasteiger partial charge in [0, 0.05) is 5.54 Å². The third-order valence-electron chi connectivity index (χ3n) is 5.97. The lowest BCUT2D eigenvalue weighted by molar-refractivity contribution is -0.144. The van der Waals surface area contributed by atoms with Crippen LogP contribution >= 0.6 is 11.6 Å². The first-order chi connectivity index (χ1) is 7.97. The Morgan fingerprint density at radius 3 is 2.29 bits per heavy atom. The Morgan fingerprint density at radius 1 is 1.24 bits per heavy atom. The Labute approximate surface area is 108 Å². The summed E-state index contributed by atoms with van der Waals surface area (Å²) in [5, 5.41) is 3.26. The highest BCUT2D eigenvalue weighted by atomic mass is 35.5. The van der Waals surface area contributed by atoms with Crippen molar-refractivity contribution in [3.8, 4) is 0 Å². The number of amides is 1. The molecule has 0 aromatic heterocycles. The zero-order valence-electron chi connectivity index (χ0n) is 10.8. The second kappa shape index (κ2) is 3.63. The zero-order chi connectivity index (χ0) is 12.3. The minimum absolute atomic E-state index is 0.00265. The van der Waals surface area contributed by atoms with E-state index in [1.54, 1.807) is 0 Å². The molecular formula is C14H22ClNO. The molecule has 3 atom stereocenters. The van der Waals surface area contributed by atoms with Gasteiger partial charge in [-0.3, -0.25) is 4.79 Å². The number of nitrogens with one attached hydrogen (secondary N) is 1. The quantitative estimate of drug-likeness (QED) is 0.756. The van der Waals surface area contributed by atoms with Crippen LogP contribution in [-0.4, -0.2) is 17.3 Å². The van der Waals surface area contributed by atoms with Gasteiger partial charge in [0.1, 0.15) is 5.88 Å². The summed E-state index contributed by atoms with van der Waals surface area (Å²) < 4.78 is 0. The van der Waals surface area contributed by atoms with Gasteiger partial charge < -0.3 is 5.32 Å². The van der Waals surface area contributed by atoms with Crippen LogP contribution in [0.3, 0.4) is 0 Å². The maximum atomic E-state index is 11.7. The topological polar surface area (TPSA) is 29.1 Å². The van der Waals surface area contributed by atoms with Crippen LogP contribution in [0, 0.1) is 23.2 Å². The van der Waals surface area contributed by atoms with Crippen LogP contribution in [0.2, 0.25) is 0 Å². The smallest absolute Gasteiger partial charge is 0.235 e. The van der Waals surface area contributed by atoms with Crippen molar-refractivity contribution in [2.45, 2.75) is 51.5 Å². The molecule has 96 valence electrons. The number of hydrogen-bond acceptors (Lipinski definition) is 1. The van der Waals surface area contributed by atoms with Gasteiger partial charge in [0.05, 0.1) is 0 Å². The second-order valence-electron chi connectivity index (χ2n) is 6.99. The lowest BCUT2D eigenvalue weighted by atomic mass is 9.43. The molecule has 4 saturated carbocycles. The lowest BCUT2D eigenvalue weighted by Gasteiger charge is -2.65. The molecule has 4 fully saturated rings. The molecule has 2 nitrogen and oxygen atoms in total. The average molecular weight is 256 g/mol. The molecule has 4 rings (SSSR count). The van der Waals surface area contributed by atoms with Gasteiger partial charge in [-0.2, -0.15) is 0 Å². The SMILES string of the molecule is CC12CC3CC(CC(C3)[C@]1(C)NC(=O)CCl)C2. The molecule has 0 aliphatic heterocycles. The fraction of sp³-hybridized carbons (Fsp3) is 0.929. The fourth-order valence-electron chi connectivity index (χ4n) is 5.22. The number of halogens is 1. The monoisotopic (exact) mass is 255 g/mol. The number of carbonyl (C=O) groups is 1. The molecule has 17 heavy (non-hydrogen) atoms. The third-order valence-corrected chi connectivity index (χ3v) is 6.21. The number of hydrogen-bond donors (Lipinski definition) is 1. The Balaban J connectivity index is 1.91. The zero-order valence-corrected chi connectivity index (χ0v) is 11.5. The normalized spacial score (nSPS) is 51.6. The number of rotatable bonds is 2. The van der Waals surface area contributed by atoms with Crippen LogP contribution in [0.15, 0.2) is 0 Å². The van der Waals surface area contributed by atoms with Crippen molar-refractivity contribution in [2.75, 3.05) is 5.88 Å². The van der Waals surface area contributed by atoms with Crippen LogP contribution in [0.4, 0.5) is 0 Å². The summed E-state index contributed by atoms with van der Waals surface area (Å²) in [6, 6.07) is 0. The van der Waals surface area contributed by atoms with Crippen molar-refractivity contribution in [3.05, 3.63) is 0 Å². The van der Waals surface area contributed by atoms with E-state index in [1.807, 2.05) is 0 Å². The van der Waals surface area contributed by atoms with Crippen molar-refractivity contribution in [2.24, 2.45) is 23.2 Å². The van der Waals surface area contributed by atoms with E-state index < -0.39 is 0 Å². The summed E-state index contributed by atoms with van der Waals surface area (Å²) in [6.07, 6.45) is 6.64. The lowest BCUT2D eigenvalue weighted by Crippen LogP contribution is -2.69. The molecule has 3 heteroatoms. The largest absolute Gasteiger partial charge is 0.349 e. The molecule has 2 unspecified atom stereocenters. The predicted octanol–water partition coefficient (Wildman–Crippen LogP) is 2.95. The molecule has 0 heterocycles. The van der Waals surface area contributed by atoms with Gasteiger partial charge >= 0.3 is 0 Å². The first-order valence-corrected chi connectivity index (χ1v) is 7.37. The first-order valence-electron chi connectivity index (χ1n) is 6.84. The molecule has 0 aromatic rings. The van der Waals surface area contributed by atoms with E-state index in [4.69, 9.17) is 11.6 Å². The first kappa shape index (κ1) is 11.8. The minimum atomic E-state index is -0.0214. The molecule has 1 amide bonds. The molecule has 0 saturated heterocycles. The van der Waals surface area contributed by atoms with Crippen molar-refractivity contribution >= 4 is 17.5 Å². The minimum Gasteiger partial charge on any atom is -0.349 e. The van der Waals surface area contributed by atoms with Crippen LogP contribution in [-0.2, 0) is 4.79 Å². The van der Waals surface area contributed by atoms with E-state index in [9.17, 15) is 4.79 Å². The Kier molecular flexibility index (Phi) is 2.52. The summed E-state index contributed by atoms with van der Waals surface area (Å²) in [5.74, 6) is 2.59. The average Bonchev–Trinajstić information content (AvgIpc) is 2.25. The predicted molar refractivity (Wildman–Crippen MR) is 68.9 cm³/mol. The molecular weight excluding hydrogens is 234 g/mol. The highest BCUT2D eigenvalue weighted by Crippen LogP contribution is 2.64. The van der Waals surface area contributed by atoms with E-state index in [0.29, 0.717) is 11.3 Å². The van der Waals surface area contributed by atoms with E-state index in [0.717, 1.165) is 11.8 Å². The molecule has 0 aromatic carbocycles. The molecule has 0 radical (unpaired) electrons. The van der Waals surface area contributed by atoms with Crippen molar-refractivity contribution < 1.29 is 4.79 Å². The summed E-state index contributed by atoms with van der Waals surface area (Å²) in [4.78, 5) is 11.7. The van der Waals surface area contributed by atoms with Gasteiger partial charge in [0.15, 0.2) is 0 Å². The molecule has 0 spiro atoms. The van der Waals surface area contributed by atoms with Crippen LogP contribution in [0.5, 0.6) is 0 Å². The molecule has 4 bridgehead atoms. The second-order valence-corrected chi connectivity index (χ2v) is 7.26. The molecule has 4 aliphatic carbocycles. The van der Waals surface area contributed by atoms with Gasteiger partial charge in [0.2, 0.25) is 5.91 Å². The van der Waals surface area contributed by atoms with Gasteiger partial charge in [-0.15, -0.1) is 11.6 Å².